The molecule has 16 heavy (non-hydrogen) atoms. The largest absolute Gasteiger partial charge is 0.397 e. The van der Waals surface area contributed by atoms with Crippen molar-refractivity contribution in [3.8, 4) is 0 Å². The minimum Gasteiger partial charge on any atom is -0.397 e. The van der Waals surface area contributed by atoms with Gasteiger partial charge in [-0.1, -0.05) is 0 Å². The molecule has 2 N–H and O–H groups in total. The summed E-state index contributed by atoms with van der Waals surface area (Å²) in [6.07, 6.45) is 0. The molecule has 1 aliphatic heterocycles. The highest BCUT2D eigenvalue weighted by molar-refractivity contribution is 7.12. The number of ketones is 1. The lowest BCUT2D eigenvalue weighted by Crippen LogP contribution is -2.46. The van der Waals surface area contributed by atoms with Crippen LogP contribution < -0.4 is 5.73 Å². The number of anilines is 1. The van der Waals surface area contributed by atoms with Crippen molar-refractivity contribution in [2.45, 2.75) is 0 Å². The van der Waals surface area contributed by atoms with Crippen molar-refractivity contribution >= 4 is 22.8 Å². The lowest BCUT2D eigenvalue weighted by atomic mass is 10.2. The summed E-state index contributed by atoms with van der Waals surface area (Å²) < 4.78 is 0. The fraction of sp³-hybridized carbons (Fsp3) is 0.545. The van der Waals surface area contributed by atoms with Gasteiger partial charge in [0.15, 0.2) is 5.78 Å². The average molecular weight is 239 g/mol. The van der Waals surface area contributed by atoms with E-state index in [2.05, 4.69) is 16.8 Å². The minimum atomic E-state index is 0.150. The van der Waals surface area contributed by atoms with Crippen molar-refractivity contribution in [2.75, 3.05) is 45.5 Å². The first-order valence-corrected chi connectivity index (χ1v) is 6.32. The molecular weight excluding hydrogens is 222 g/mol. The first-order chi connectivity index (χ1) is 7.66. The second-order valence-corrected chi connectivity index (χ2v) is 5.12. The van der Waals surface area contributed by atoms with Crippen LogP contribution in [0.4, 0.5) is 5.69 Å². The third-order valence-electron chi connectivity index (χ3n) is 2.91. The van der Waals surface area contributed by atoms with E-state index in [4.69, 9.17) is 5.73 Å². The van der Waals surface area contributed by atoms with Crippen molar-refractivity contribution in [1.29, 1.82) is 0 Å². The van der Waals surface area contributed by atoms with Gasteiger partial charge in [-0.05, 0) is 18.5 Å². The Morgan fingerprint density at radius 2 is 2.12 bits per heavy atom. The van der Waals surface area contributed by atoms with Crippen molar-refractivity contribution in [3.63, 3.8) is 0 Å². The predicted molar refractivity (Wildman–Crippen MR) is 67.0 cm³/mol. The number of Topliss-reactive ketones (excluding diaryl/α,β-unsaturated/α-hetero) is 1. The molecule has 2 rings (SSSR count). The molecule has 5 heteroatoms. The van der Waals surface area contributed by atoms with Crippen molar-refractivity contribution < 1.29 is 4.79 Å². The van der Waals surface area contributed by atoms with Gasteiger partial charge in [-0.3, -0.25) is 9.69 Å². The zero-order valence-electron chi connectivity index (χ0n) is 9.48. The Morgan fingerprint density at radius 1 is 1.44 bits per heavy atom. The summed E-state index contributed by atoms with van der Waals surface area (Å²) in [7, 11) is 2.11. The van der Waals surface area contributed by atoms with Gasteiger partial charge in [-0.25, -0.2) is 0 Å². The smallest absolute Gasteiger partial charge is 0.188 e. The Hall–Kier alpha value is -0.910. The first kappa shape index (κ1) is 11.6. The lowest BCUT2D eigenvalue weighted by molar-refractivity contribution is 0.0881. The third kappa shape index (κ3) is 2.61. The molecule has 0 saturated carbocycles. The minimum absolute atomic E-state index is 0.150. The van der Waals surface area contributed by atoms with Crippen LogP contribution in [0.3, 0.4) is 0 Å². The maximum absolute atomic E-state index is 12.0. The van der Waals surface area contributed by atoms with Gasteiger partial charge in [0.25, 0.3) is 0 Å². The number of hydrogen-bond acceptors (Lipinski definition) is 5. The van der Waals surface area contributed by atoms with Crippen LogP contribution in [0.2, 0.25) is 0 Å². The molecule has 1 aliphatic rings. The van der Waals surface area contributed by atoms with Gasteiger partial charge in [0.05, 0.1) is 17.1 Å². The van der Waals surface area contributed by atoms with Gasteiger partial charge < -0.3 is 10.6 Å². The molecule has 1 fully saturated rings. The molecule has 2 heterocycles. The Morgan fingerprint density at radius 3 is 2.69 bits per heavy atom. The number of nitrogen functional groups attached to an aromatic ring is 1. The quantitative estimate of drug-likeness (QED) is 0.791. The molecule has 0 aliphatic carbocycles. The van der Waals surface area contributed by atoms with Gasteiger partial charge in [0, 0.05) is 26.2 Å². The lowest BCUT2D eigenvalue weighted by Gasteiger charge is -2.31. The van der Waals surface area contributed by atoms with Crippen LogP contribution in [0, 0.1) is 0 Å². The molecule has 0 atom stereocenters. The molecular formula is C11H17N3OS. The van der Waals surface area contributed by atoms with Crippen LogP contribution in [0.1, 0.15) is 9.67 Å². The topological polar surface area (TPSA) is 49.6 Å². The van der Waals surface area contributed by atoms with Crippen LogP contribution in [0.5, 0.6) is 0 Å². The highest BCUT2D eigenvalue weighted by Crippen LogP contribution is 2.19. The molecule has 0 radical (unpaired) electrons. The highest BCUT2D eigenvalue weighted by atomic mass is 32.1. The summed E-state index contributed by atoms with van der Waals surface area (Å²) in [6, 6.07) is 1.79. The molecule has 88 valence electrons. The second kappa shape index (κ2) is 4.95. The number of thiophene rings is 1. The number of carbonyl (C=O) groups excluding carboxylic acids is 1. The zero-order valence-corrected chi connectivity index (χ0v) is 10.3. The van der Waals surface area contributed by atoms with Crippen molar-refractivity contribution in [1.82, 2.24) is 9.80 Å². The third-order valence-corrected chi connectivity index (χ3v) is 3.88. The van der Waals surface area contributed by atoms with E-state index in [1.807, 2.05) is 5.38 Å². The van der Waals surface area contributed by atoms with Crippen LogP contribution in [0.25, 0.3) is 0 Å². The summed E-state index contributed by atoms with van der Waals surface area (Å²) in [5.74, 6) is 0.150. The fourth-order valence-corrected chi connectivity index (χ4v) is 2.58. The molecule has 0 amide bonds. The van der Waals surface area contributed by atoms with Crippen LogP contribution >= 0.6 is 11.3 Å². The standard InChI is InChI=1S/C11H17N3OS/c1-13-3-5-14(6-4-13)8-10(15)11-9(12)2-7-16-11/h2,7H,3-6,8,12H2,1H3. The summed E-state index contributed by atoms with van der Waals surface area (Å²) in [5, 5.41) is 1.87. The number of carbonyl (C=O) groups is 1. The highest BCUT2D eigenvalue weighted by Gasteiger charge is 2.19. The summed E-state index contributed by atoms with van der Waals surface area (Å²) in [4.78, 5) is 17.1. The van der Waals surface area contributed by atoms with E-state index in [0.29, 0.717) is 17.1 Å². The molecule has 1 aromatic rings. The first-order valence-electron chi connectivity index (χ1n) is 5.44. The van der Waals surface area contributed by atoms with Gasteiger partial charge in [-0.15, -0.1) is 11.3 Å². The molecule has 0 spiro atoms. The summed E-state index contributed by atoms with van der Waals surface area (Å²) >= 11 is 1.44. The molecule has 0 bridgehead atoms. The van der Waals surface area contributed by atoms with Crippen LogP contribution in [-0.4, -0.2) is 55.4 Å². The number of nitrogens with zero attached hydrogens (tertiary/aromatic N) is 2. The van der Waals surface area contributed by atoms with E-state index in [1.165, 1.54) is 11.3 Å². The summed E-state index contributed by atoms with van der Waals surface area (Å²) in [6.45, 7) is 4.50. The van der Waals surface area contributed by atoms with Gasteiger partial charge in [-0.2, -0.15) is 0 Å². The fourth-order valence-electron chi connectivity index (χ4n) is 1.83. The Kier molecular flexibility index (Phi) is 3.58. The molecule has 1 saturated heterocycles. The van der Waals surface area contributed by atoms with E-state index in [-0.39, 0.29) is 5.78 Å². The SMILES string of the molecule is CN1CCN(CC(=O)c2sccc2N)CC1. The molecule has 1 aromatic heterocycles. The van der Waals surface area contributed by atoms with Crippen molar-refractivity contribution in [3.05, 3.63) is 16.3 Å². The van der Waals surface area contributed by atoms with E-state index < -0.39 is 0 Å². The van der Waals surface area contributed by atoms with Gasteiger partial charge in [0.1, 0.15) is 0 Å². The number of rotatable bonds is 3. The maximum Gasteiger partial charge on any atom is 0.188 e. The molecule has 0 aromatic carbocycles. The van der Waals surface area contributed by atoms with Crippen LogP contribution in [-0.2, 0) is 0 Å². The van der Waals surface area contributed by atoms with E-state index in [9.17, 15) is 4.79 Å². The molecule has 0 unspecified atom stereocenters. The van der Waals surface area contributed by atoms with Gasteiger partial charge in [0.2, 0.25) is 0 Å². The van der Waals surface area contributed by atoms with Crippen LogP contribution in [0.15, 0.2) is 11.4 Å². The van der Waals surface area contributed by atoms with E-state index >= 15 is 0 Å². The Balaban J connectivity index is 1.91. The van der Waals surface area contributed by atoms with Crippen molar-refractivity contribution in [2.24, 2.45) is 0 Å². The predicted octanol–water partition coefficient (Wildman–Crippen LogP) is 0.760. The maximum atomic E-state index is 12.0. The number of piperazine rings is 1. The Labute approximate surface area is 99.6 Å². The number of nitrogens with two attached hydrogens (primary N) is 1. The Bertz CT molecular complexity index is 369. The zero-order chi connectivity index (χ0) is 11.5. The number of likely N-dealkylation sites (N-methyl/N-ethyl adjacent to an activating group) is 1. The second-order valence-electron chi connectivity index (χ2n) is 4.21. The monoisotopic (exact) mass is 239 g/mol. The molecule has 4 nitrogen and oxygen atoms in total. The normalized spacial score (nSPS) is 18.8. The average Bonchev–Trinajstić information content (AvgIpc) is 2.68. The number of hydrogen-bond donors (Lipinski definition) is 1. The van der Waals surface area contributed by atoms with E-state index in [1.54, 1.807) is 6.07 Å². The van der Waals surface area contributed by atoms with Gasteiger partial charge >= 0.3 is 0 Å². The summed E-state index contributed by atoms with van der Waals surface area (Å²) in [5.41, 5.74) is 6.35. The van der Waals surface area contributed by atoms with E-state index in [0.717, 1.165) is 26.2 Å².